The van der Waals surface area contributed by atoms with E-state index in [1.807, 2.05) is 0 Å². The molecule has 0 saturated heterocycles. The minimum Gasteiger partial charge on any atom is -0.0628 e. The van der Waals surface area contributed by atoms with E-state index >= 15 is 0 Å². The molecule has 63 valence electrons. The summed E-state index contributed by atoms with van der Waals surface area (Å²) in [6.45, 7) is 4.65. The van der Waals surface area contributed by atoms with Gasteiger partial charge < -0.3 is 0 Å². The smallest absolute Gasteiger partial charge is 0.0270 e. The van der Waals surface area contributed by atoms with Crippen molar-refractivity contribution in [3.8, 4) is 0 Å². The SMILES string of the molecule is CC(C)CC1CCCCC1[Si]. The van der Waals surface area contributed by atoms with Crippen LogP contribution in [-0.2, 0) is 0 Å². The van der Waals surface area contributed by atoms with E-state index in [0.717, 1.165) is 17.4 Å². The Morgan fingerprint density at radius 1 is 1.27 bits per heavy atom. The zero-order valence-corrected chi connectivity index (χ0v) is 8.77. The molecule has 0 nitrogen and oxygen atoms in total. The highest BCUT2D eigenvalue weighted by atomic mass is 28.1. The molecule has 0 aromatic carbocycles. The number of rotatable bonds is 2. The van der Waals surface area contributed by atoms with Gasteiger partial charge in [0, 0.05) is 10.2 Å². The third kappa shape index (κ3) is 2.98. The van der Waals surface area contributed by atoms with E-state index in [1.54, 1.807) is 0 Å². The highest BCUT2D eigenvalue weighted by molar-refractivity contribution is 6.11. The van der Waals surface area contributed by atoms with Crippen LogP contribution >= 0.6 is 0 Å². The van der Waals surface area contributed by atoms with Crippen LogP contribution in [0.25, 0.3) is 0 Å². The molecule has 1 rings (SSSR count). The summed E-state index contributed by atoms with van der Waals surface area (Å²) < 4.78 is 0. The van der Waals surface area contributed by atoms with Gasteiger partial charge in [0.15, 0.2) is 0 Å². The van der Waals surface area contributed by atoms with Gasteiger partial charge in [-0.05, 0) is 23.8 Å². The van der Waals surface area contributed by atoms with Gasteiger partial charge in [0.2, 0.25) is 0 Å². The summed E-state index contributed by atoms with van der Waals surface area (Å²) in [4.78, 5) is 0. The van der Waals surface area contributed by atoms with Crippen LogP contribution in [0, 0.1) is 11.8 Å². The molecule has 1 aliphatic rings. The molecule has 1 fully saturated rings. The fourth-order valence-electron chi connectivity index (χ4n) is 2.10. The van der Waals surface area contributed by atoms with E-state index in [-0.39, 0.29) is 0 Å². The highest BCUT2D eigenvalue weighted by Crippen LogP contribution is 2.36. The summed E-state index contributed by atoms with van der Waals surface area (Å²) >= 11 is 0. The summed E-state index contributed by atoms with van der Waals surface area (Å²) in [5.74, 6) is 1.83. The monoisotopic (exact) mass is 167 g/mol. The van der Waals surface area contributed by atoms with Crippen LogP contribution < -0.4 is 0 Å². The standard InChI is InChI=1S/C10H19Si/c1-8(2)7-9-5-3-4-6-10(9)11/h8-10H,3-7H2,1-2H3. The van der Waals surface area contributed by atoms with E-state index in [1.165, 1.54) is 32.1 Å². The molecule has 11 heavy (non-hydrogen) atoms. The van der Waals surface area contributed by atoms with Crippen LogP contribution in [0.5, 0.6) is 0 Å². The van der Waals surface area contributed by atoms with Crippen molar-refractivity contribution in [2.24, 2.45) is 11.8 Å². The van der Waals surface area contributed by atoms with Crippen molar-refractivity contribution in [2.45, 2.75) is 51.5 Å². The maximum Gasteiger partial charge on any atom is 0.0270 e. The van der Waals surface area contributed by atoms with Gasteiger partial charge >= 0.3 is 0 Å². The molecule has 0 N–H and O–H groups in total. The Kier molecular flexibility index (Phi) is 3.63. The summed E-state index contributed by atoms with van der Waals surface area (Å²) in [7, 11) is 3.83. The van der Waals surface area contributed by atoms with Crippen molar-refractivity contribution in [3.05, 3.63) is 0 Å². The molecule has 3 radical (unpaired) electrons. The van der Waals surface area contributed by atoms with Crippen LogP contribution in [0.1, 0.15) is 46.0 Å². The molecule has 0 aromatic rings. The lowest BCUT2D eigenvalue weighted by Crippen LogP contribution is -2.16. The predicted octanol–water partition coefficient (Wildman–Crippen LogP) is 3.18. The Morgan fingerprint density at radius 2 is 1.91 bits per heavy atom. The van der Waals surface area contributed by atoms with Crippen molar-refractivity contribution in [3.63, 3.8) is 0 Å². The van der Waals surface area contributed by atoms with E-state index in [0.29, 0.717) is 0 Å². The van der Waals surface area contributed by atoms with Crippen molar-refractivity contribution >= 4 is 10.2 Å². The van der Waals surface area contributed by atoms with E-state index in [2.05, 4.69) is 24.1 Å². The quantitative estimate of drug-likeness (QED) is 0.554. The minimum absolute atomic E-state index is 0.811. The van der Waals surface area contributed by atoms with Crippen molar-refractivity contribution in [1.29, 1.82) is 0 Å². The predicted molar refractivity (Wildman–Crippen MR) is 50.9 cm³/mol. The minimum atomic E-state index is 0.811. The summed E-state index contributed by atoms with van der Waals surface area (Å²) in [5.41, 5.74) is 0.811. The maximum atomic E-state index is 3.83. The van der Waals surface area contributed by atoms with E-state index < -0.39 is 0 Å². The molecule has 2 unspecified atom stereocenters. The van der Waals surface area contributed by atoms with Crippen molar-refractivity contribution in [1.82, 2.24) is 0 Å². The first-order valence-electron chi connectivity index (χ1n) is 4.91. The van der Waals surface area contributed by atoms with Gasteiger partial charge in [-0.2, -0.15) is 0 Å². The second-order valence-corrected chi connectivity index (χ2v) is 5.02. The van der Waals surface area contributed by atoms with Gasteiger partial charge in [0.25, 0.3) is 0 Å². The zero-order valence-electron chi connectivity index (χ0n) is 7.77. The molecular weight excluding hydrogens is 148 g/mol. The Balaban J connectivity index is 2.29. The van der Waals surface area contributed by atoms with E-state index in [9.17, 15) is 0 Å². The van der Waals surface area contributed by atoms with Gasteiger partial charge in [-0.25, -0.2) is 0 Å². The lowest BCUT2D eigenvalue weighted by atomic mass is 9.83. The zero-order chi connectivity index (χ0) is 8.27. The summed E-state index contributed by atoms with van der Waals surface area (Å²) in [5, 5.41) is 0. The molecule has 2 atom stereocenters. The normalized spacial score (nSPS) is 32.7. The third-order valence-corrected chi connectivity index (χ3v) is 3.44. The van der Waals surface area contributed by atoms with Crippen LogP contribution in [0.4, 0.5) is 0 Å². The van der Waals surface area contributed by atoms with Gasteiger partial charge in [-0.3, -0.25) is 0 Å². The maximum absolute atomic E-state index is 3.83. The molecule has 0 heterocycles. The van der Waals surface area contributed by atoms with Gasteiger partial charge in [0.1, 0.15) is 0 Å². The molecular formula is C10H19Si. The van der Waals surface area contributed by atoms with Crippen LogP contribution in [0.2, 0.25) is 5.54 Å². The fourth-order valence-corrected chi connectivity index (χ4v) is 2.60. The first kappa shape index (κ1) is 9.31. The largest absolute Gasteiger partial charge is 0.0628 e. The Bertz CT molecular complexity index is 109. The molecule has 1 aliphatic carbocycles. The van der Waals surface area contributed by atoms with Gasteiger partial charge in [-0.1, -0.05) is 39.5 Å². The van der Waals surface area contributed by atoms with Crippen molar-refractivity contribution < 1.29 is 0 Å². The third-order valence-electron chi connectivity index (χ3n) is 2.68. The second kappa shape index (κ2) is 4.29. The molecule has 0 spiro atoms. The van der Waals surface area contributed by atoms with Crippen LogP contribution in [-0.4, -0.2) is 10.2 Å². The first-order chi connectivity index (χ1) is 5.20. The molecule has 0 bridgehead atoms. The molecule has 0 amide bonds. The van der Waals surface area contributed by atoms with Crippen LogP contribution in [0.15, 0.2) is 0 Å². The topological polar surface area (TPSA) is 0 Å². The Morgan fingerprint density at radius 3 is 2.45 bits per heavy atom. The summed E-state index contributed by atoms with van der Waals surface area (Å²) in [6, 6.07) is 0. The fraction of sp³-hybridized carbons (Fsp3) is 1.00. The number of hydrogen-bond donors (Lipinski definition) is 0. The molecule has 0 aliphatic heterocycles. The van der Waals surface area contributed by atoms with Crippen molar-refractivity contribution in [2.75, 3.05) is 0 Å². The van der Waals surface area contributed by atoms with Gasteiger partial charge in [-0.15, -0.1) is 0 Å². The van der Waals surface area contributed by atoms with Gasteiger partial charge in [0.05, 0.1) is 0 Å². The molecule has 1 saturated carbocycles. The molecule has 1 heteroatoms. The average Bonchev–Trinajstić information content (AvgIpc) is 1.93. The highest BCUT2D eigenvalue weighted by Gasteiger charge is 2.21. The lowest BCUT2D eigenvalue weighted by molar-refractivity contribution is 0.306. The van der Waals surface area contributed by atoms with Crippen LogP contribution in [0.3, 0.4) is 0 Å². The Hall–Kier alpha value is 0.217. The first-order valence-corrected chi connectivity index (χ1v) is 5.49. The lowest BCUT2D eigenvalue weighted by Gasteiger charge is -2.29. The average molecular weight is 167 g/mol. The number of hydrogen-bond acceptors (Lipinski definition) is 0. The Labute approximate surface area is 74.2 Å². The summed E-state index contributed by atoms with van der Waals surface area (Å²) in [6.07, 6.45) is 7.15. The van der Waals surface area contributed by atoms with E-state index in [4.69, 9.17) is 0 Å². The molecule has 0 aromatic heterocycles. The second-order valence-electron chi connectivity index (χ2n) is 4.28.